The van der Waals surface area contributed by atoms with Crippen molar-refractivity contribution in [3.05, 3.63) is 11.1 Å². The van der Waals surface area contributed by atoms with Crippen LogP contribution in [0.25, 0.3) is 0 Å². The minimum atomic E-state index is 0.831. The number of rotatable bonds is 8. The molecule has 0 bridgehead atoms. The van der Waals surface area contributed by atoms with Gasteiger partial charge in [-0.05, 0) is 31.5 Å². The van der Waals surface area contributed by atoms with Crippen LogP contribution in [-0.4, -0.2) is 41.2 Å². The van der Waals surface area contributed by atoms with Gasteiger partial charge in [0, 0.05) is 25.0 Å². The Morgan fingerprint density at radius 2 is 2.33 bits per heavy atom. The van der Waals surface area contributed by atoms with E-state index < -0.39 is 0 Å². The zero-order valence-electron chi connectivity index (χ0n) is 9.57. The first-order valence-electron chi connectivity index (χ1n) is 5.48. The molecule has 0 amide bonds. The van der Waals surface area contributed by atoms with Gasteiger partial charge >= 0.3 is 0 Å². The Morgan fingerprint density at radius 3 is 3.00 bits per heavy atom. The number of hydrogen-bond acceptors (Lipinski definition) is 5. The number of hydrogen-bond donors (Lipinski definition) is 1. The molecule has 5 heteroatoms. The summed E-state index contributed by atoms with van der Waals surface area (Å²) in [5, 5.41) is 9.31. The van der Waals surface area contributed by atoms with E-state index in [0.29, 0.717) is 0 Å². The molecule has 0 aliphatic carbocycles. The van der Waals surface area contributed by atoms with Gasteiger partial charge in [-0.25, -0.2) is 0 Å². The van der Waals surface area contributed by atoms with Crippen LogP contribution in [0.1, 0.15) is 25.5 Å². The summed E-state index contributed by atoms with van der Waals surface area (Å²) in [5.74, 6) is 0. The SMILES string of the molecule is CCCCN(C)CCNCc1csnn1. The molecule has 0 aromatic carbocycles. The lowest BCUT2D eigenvalue weighted by atomic mass is 10.3. The summed E-state index contributed by atoms with van der Waals surface area (Å²) in [5.41, 5.74) is 1.04. The Labute approximate surface area is 95.8 Å². The second-order valence-corrected chi connectivity index (χ2v) is 4.34. The van der Waals surface area contributed by atoms with Gasteiger partial charge in [0.2, 0.25) is 0 Å². The van der Waals surface area contributed by atoms with Gasteiger partial charge in [-0.3, -0.25) is 0 Å². The maximum absolute atomic E-state index is 3.97. The fourth-order valence-electron chi connectivity index (χ4n) is 1.29. The number of likely N-dealkylation sites (N-methyl/N-ethyl adjacent to an activating group) is 1. The van der Waals surface area contributed by atoms with Crippen molar-refractivity contribution in [2.45, 2.75) is 26.3 Å². The van der Waals surface area contributed by atoms with Crippen LogP contribution in [-0.2, 0) is 6.54 Å². The van der Waals surface area contributed by atoms with Crippen molar-refractivity contribution in [3.8, 4) is 0 Å². The van der Waals surface area contributed by atoms with Crippen LogP contribution < -0.4 is 5.32 Å². The van der Waals surface area contributed by atoms with E-state index in [4.69, 9.17) is 0 Å². The third-order valence-corrected chi connectivity index (χ3v) is 2.83. The standard InChI is InChI=1S/C10H20N4S/c1-3-4-6-14(2)7-5-11-8-10-9-15-13-12-10/h9,11H,3-8H2,1-2H3. The molecule has 1 N–H and O–H groups in total. The molecule has 0 unspecified atom stereocenters. The molecule has 1 aromatic heterocycles. The second kappa shape index (κ2) is 7.73. The lowest BCUT2D eigenvalue weighted by Crippen LogP contribution is -2.29. The minimum absolute atomic E-state index is 0.831. The van der Waals surface area contributed by atoms with E-state index in [1.54, 1.807) is 0 Å². The quantitative estimate of drug-likeness (QED) is 0.682. The zero-order chi connectivity index (χ0) is 10.9. The summed E-state index contributed by atoms with van der Waals surface area (Å²) >= 11 is 1.40. The van der Waals surface area contributed by atoms with Crippen molar-refractivity contribution in [2.75, 3.05) is 26.7 Å². The predicted octanol–water partition coefficient (Wildman–Crippen LogP) is 1.36. The van der Waals surface area contributed by atoms with Crippen LogP contribution in [0.3, 0.4) is 0 Å². The van der Waals surface area contributed by atoms with Crippen LogP contribution in [0.2, 0.25) is 0 Å². The predicted molar refractivity (Wildman–Crippen MR) is 64.0 cm³/mol. The molecule has 0 aliphatic heterocycles. The van der Waals surface area contributed by atoms with E-state index >= 15 is 0 Å². The van der Waals surface area contributed by atoms with Crippen molar-refractivity contribution in [1.82, 2.24) is 19.8 Å². The van der Waals surface area contributed by atoms with E-state index in [0.717, 1.165) is 25.3 Å². The van der Waals surface area contributed by atoms with E-state index in [-0.39, 0.29) is 0 Å². The monoisotopic (exact) mass is 228 g/mol. The second-order valence-electron chi connectivity index (χ2n) is 3.73. The third kappa shape index (κ3) is 5.81. The summed E-state index contributed by atoms with van der Waals surface area (Å²) in [7, 11) is 2.17. The van der Waals surface area contributed by atoms with Crippen molar-refractivity contribution < 1.29 is 0 Å². The van der Waals surface area contributed by atoms with Crippen LogP contribution in [0.15, 0.2) is 5.38 Å². The van der Waals surface area contributed by atoms with E-state index in [1.165, 1.54) is 30.9 Å². The van der Waals surface area contributed by atoms with Crippen LogP contribution in [0, 0.1) is 0 Å². The Bertz CT molecular complexity index is 238. The highest BCUT2D eigenvalue weighted by molar-refractivity contribution is 7.03. The summed E-state index contributed by atoms with van der Waals surface area (Å²) in [6.07, 6.45) is 2.55. The van der Waals surface area contributed by atoms with Crippen molar-refractivity contribution in [3.63, 3.8) is 0 Å². The Balaban J connectivity index is 1.97. The molecular weight excluding hydrogens is 208 g/mol. The summed E-state index contributed by atoms with van der Waals surface area (Å²) < 4.78 is 3.82. The molecule has 1 heterocycles. The molecule has 15 heavy (non-hydrogen) atoms. The third-order valence-electron chi connectivity index (χ3n) is 2.27. The lowest BCUT2D eigenvalue weighted by Gasteiger charge is -2.15. The minimum Gasteiger partial charge on any atom is -0.310 e. The average Bonchev–Trinajstić information content (AvgIpc) is 2.74. The Morgan fingerprint density at radius 1 is 1.47 bits per heavy atom. The topological polar surface area (TPSA) is 41.0 Å². The average molecular weight is 228 g/mol. The van der Waals surface area contributed by atoms with Gasteiger partial charge in [-0.1, -0.05) is 17.8 Å². The Hall–Kier alpha value is -0.520. The van der Waals surface area contributed by atoms with E-state index in [2.05, 4.69) is 33.8 Å². The van der Waals surface area contributed by atoms with Gasteiger partial charge in [0.1, 0.15) is 0 Å². The molecule has 0 saturated carbocycles. The largest absolute Gasteiger partial charge is 0.310 e. The highest BCUT2D eigenvalue weighted by Crippen LogP contribution is 1.95. The Kier molecular flexibility index (Phi) is 6.47. The first-order valence-corrected chi connectivity index (χ1v) is 6.31. The molecule has 0 atom stereocenters. The van der Waals surface area contributed by atoms with E-state index in [1.807, 2.05) is 5.38 Å². The van der Waals surface area contributed by atoms with Crippen LogP contribution in [0.4, 0.5) is 0 Å². The van der Waals surface area contributed by atoms with Gasteiger partial charge in [-0.2, -0.15) is 0 Å². The molecule has 86 valence electrons. The molecule has 0 fully saturated rings. The van der Waals surface area contributed by atoms with Crippen molar-refractivity contribution >= 4 is 11.5 Å². The number of unbranched alkanes of at least 4 members (excludes halogenated alkanes) is 1. The molecular formula is C10H20N4S. The van der Waals surface area contributed by atoms with Gasteiger partial charge in [0.25, 0.3) is 0 Å². The normalized spacial score (nSPS) is 11.1. The highest BCUT2D eigenvalue weighted by atomic mass is 32.1. The molecule has 0 aliphatic rings. The van der Waals surface area contributed by atoms with Gasteiger partial charge in [-0.15, -0.1) is 5.10 Å². The molecule has 0 saturated heterocycles. The summed E-state index contributed by atoms with van der Waals surface area (Å²) in [6, 6.07) is 0. The fraction of sp³-hybridized carbons (Fsp3) is 0.800. The first kappa shape index (κ1) is 12.5. The van der Waals surface area contributed by atoms with Crippen molar-refractivity contribution in [1.29, 1.82) is 0 Å². The van der Waals surface area contributed by atoms with Gasteiger partial charge < -0.3 is 10.2 Å². The highest BCUT2D eigenvalue weighted by Gasteiger charge is 1.98. The zero-order valence-corrected chi connectivity index (χ0v) is 10.4. The smallest absolute Gasteiger partial charge is 0.0893 e. The van der Waals surface area contributed by atoms with E-state index in [9.17, 15) is 0 Å². The molecule has 1 aromatic rings. The summed E-state index contributed by atoms with van der Waals surface area (Å²) in [4.78, 5) is 2.36. The molecule has 0 spiro atoms. The molecule has 1 rings (SSSR count). The molecule has 4 nitrogen and oxygen atoms in total. The first-order chi connectivity index (χ1) is 7.33. The lowest BCUT2D eigenvalue weighted by molar-refractivity contribution is 0.325. The number of nitrogens with one attached hydrogen (secondary N) is 1. The van der Waals surface area contributed by atoms with Crippen LogP contribution in [0.5, 0.6) is 0 Å². The molecule has 0 radical (unpaired) electrons. The number of aromatic nitrogens is 2. The maximum Gasteiger partial charge on any atom is 0.0893 e. The van der Waals surface area contributed by atoms with Crippen molar-refractivity contribution in [2.24, 2.45) is 0 Å². The van der Waals surface area contributed by atoms with Gasteiger partial charge in [0.05, 0.1) is 5.69 Å². The summed E-state index contributed by atoms with van der Waals surface area (Å²) in [6.45, 7) is 6.35. The van der Waals surface area contributed by atoms with Gasteiger partial charge in [0.15, 0.2) is 0 Å². The fourth-order valence-corrected chi connectivity index (χ4v) is 1.74. The van der Waals surface area contributed by atoms with Crippen LogP contribution >= 0.6 is 11.5 Å². The maximum atomic E-state index is 3.97. The number of nitrogens with zero attached hydrogens (tertiary/aromatic N) is 3.